The molecule has 0 saturated carbocycles. The zero-order valence-corrected chi connectivity index (χ0v) is 18.0. The molecule has 0 aliphatic carbocycles. The van der Waals surface area contributed by atoms with Gasteiger partial charge in [0.15, 0.2) is 0 Å². The Kier molecular flexibility index (Phi) is 7.65. The maximum atomic E-state index is 12.5. The molecule has 31 heavy (non-hydrogen) atoms. The normalized spacial score (nSPS) is 15.6. The third-order valence-electron chi connectivity index (χ3n) is 5.41. The van der Waals surface area contributed by atoms with Gasteiger partial charge in [-0.2, -0.15) is 0 Å². The first-order valence-corrected chi connectivity index (χ1v) is 10.6. The van der Waals surface area contributed by atoms with E-state index in [9.17, 15) is 14.4 Å². The van der Waals surface area contributed by atoms with Gasteiger partial charge in [-0.1, -0.05) is 31.5 Å². The first-order valence-electron chi connectivity index (χ1n) is 10.6. The van der Waals surface area contributed by atoms with Gasteiger partial charge in [0.25, 0.3) is 5.91 Å². The number of unbranched alkanes of at least 4 members (excludes halogenated alkanes) is 1. The van der Waals surface area contributed by atoms with Gasteiger partial charge in [0.2, 0.25) is 11.8 Å². The van der Waals surface area contributed by atoms with Gasteiger partial charge in [0, 0.05) is 42.9 Å². The monoisotopic (exact) mass is 423 g/mol. The third kappa shape index (κ3) is 5.84. The van der Waals surface area contributed by atoms with Crippen molar-refractivity contribution in [1.82, 2.24) is 10.2 Å². The molecular formula is C24H29N3O4. The molecule has 2 aromatic rings. The lowest BCUT2D eigenvalue weighted by molar-refractivity contribution is -0.128. The van der Waals surface area contributed by atoms with Crippen molar-refractivity contribution in [2.75, 3.05) is 25.5 Å². The second kappa shape index (κ2) is 10.6. The summed E-state index contributed by atoms with van der Waals surface area (Å²) in [5.74, 6) is 0.0424. The molecule has 164 valence electrons. The van der Waals surface area contributed by atoms with Crippen LogP contribution in [-0.2, 0) is 16.1 Å². The van der Waals surface area contributed by atoms with Crippen LogP contribution in [0.4, 0.5) is 5.69 Å². The first-order chi connectivity index (χ1) is 15.0. The number of nitrogens with zero attached hydrogens (tertiary/aromatic N) is 1. The molecule has 1 atom stereocenters. The summed E-state index contributed by atoms with van der Waals surface area (Å²) in [6.45, 7) is 3.60. The van der Waals surface area contributed by atoms with Crippen LogP contribution in [-0.4, -0.2) is 42.8 Å². The largest absolute Gasteiger partial charge is 0.496 e. The SMILES string of the molecule is CCCCN1CC(C(=O)Nc2ccc(C(=O)NCc3ccccc3OC)cc2)CC1=O. The Morgan fingerprint density at radius 3 is 2.58 bits per heavy atom. The molecule has 1 fully saturated rings. The van der Waals surface area contributed by atoms with E-state index >= 15 is 0 Å². The zero-order valence-electron chi connectivity index (χ0n) is 18.0. The highest BCUT2D eigenvalue weighted by Gasteiger charge is 2.33. The topological polar surface area (TPSA) is 87.7 Å². The van der Waals surface area contributed by atoms with E-state index < -0.39 is 0 Å². The average Bonchev–Trinajstić information content (AvgIpc) is 3.17. The molecule has 1 heterocycles. The first kappa shape index (κ1) is 22.3. The number of anilines is 1. The molecule has 7 nitrogen and oxygen atoms in total. The molecule has 7 heteroatoms. The number of ether oxygens (including phenoxy) is 1. The smallest absolute Gasteiger partial charge is 0.251 e. The van der Waals surface area contributed by atoms with Crippen LogP contribution in [0.15, 0.2) is 48.5 Å². The van der Waals surface area contributed by atoms with E-state index in [2.05, 4.69) is 17.6 Å². The summed E-state index contributed by atoms with van der Waals surface area (Å²) >= 11 is 0. The van der Waals surface area contributed by atoms with Crippen LogP contribution < -0.4 is 15.4 Å². The van der Waals surface area contributed by atoms with Gasteiger partial charge < -0.3 is 20.3 Å². The second-order valence-electron chi connectivity index (χ2n) is 7.66. The molecule has 3 amide bonds. The molecule has 1 aliphatic rings. The minimum atomic E-state index is -0.340. The molecule has 2 aromatic carbocycles. The van der Waals surface area contributed by atoms with E-state index in [1.165, 1.54) is 0 Å². The number of likely N-dealkylation sites (tertiary alicyclic amines) is 1. The third-order valence-corrected chi connectivity index (χ3v) is 5.41. The standard InChI is InChI=1S/C24H29N3O4/c1-3-4-13-27-16-19(14-22(27)28)24(30)26-20-11-9-17(10-12-20)23(29)25-15-18-7-5-6-8-21(18)31-2/h5-12,19H,3-4,13-16H2,1-2H3,(H,25,29)(H,26,30). The Labute approximate surface area is 182 Å². The highest BCUT2D eigenvalue weighted by atomic mass is 16.5. The van der Waals surface area contributed by atoms with Crippen LogP contribution in [0.5, 0.6) is 5.75 Å². The zero-order chi connectivity index (χ0) is 22.2. The Balaban J connectivity index is 1.52. The maximum absolute atomic E-state index is 12.5. The van der Waals surface area contributed by atoms with Gasteiger partial charge in [0.1, 0.15) is 5.75 Å². The van der Waals surface area contributed by atoms with Gasteiger partial charge in [0.05, 0.1) is 13.0 Å². The summed E-state index contributed by atoms with van der Waals surface area (Å²) < 4.78 is 5.30. The predicted molar refractivity (Wildman–Crippen MR) is 119 cm³/mol. The average molecular weight is 424 g/mol. The van der Waals surface area contributed by atoms with Crippen molar-refractivity contribution in [1.29, 1.82) is 0 Å². The van der Waals surface area contributed by atoms with E-state index in [1.54, 1.807) is 36.3 Å². The number of para-hydroxylation sites is 1. The Bertz CT molecular complexity index is 927. The van der Waals surface area contributed by atoms with Crippen LogP contribution in [0.2, 0.25) is 0 Å². The molecule has 1 unspecified atom stereocenters. The van der Waals surface area contributed by atoms with E-state index in [0.29, 0.717) is 30.9 Å². The van der Waals surface area contributed by atoms with E-state index in [4.69, 9.17) is 4.74 Å². The van der Waals surface area contributed by atoms with Crippen LogP contribution in [0.1, 0.15) is 42.1 Å². The lowest BCUT2D eigenvalue weighted by atomic mass is 10.1. The number of nitrogens with one attached hydrogen (secondary N) is 2. The van der Waals surface area contributed by atoms with Crippen LogP contribution >= 0.6 is 0 Å². The number of methoxy groups -OCH3 is 1. The number of amides is 3. The van der Waals surface area contributed by atoms with Crippen molar-refractivity contribution < 1.29 is 19.1 Å². The summed E-state index contributed by atoms with van der Waals surface area (Å²) in [6.07, 6.45) is 2.21. The Hall–Kier alpha value is -3.35. The van der Waals surface area contributed by atoms with Gasteiger partial charge in [-0.3, -0.25) is 14.4 Å². The molecule has 1 aliphatic heterocycles. The number of hydrogen-bond donors (Lipinski definition) is 2. The van der Waals surface area contributed by atoms with Crippen molar-refractivity contribution in [2.24, 2.45) is 5.92 Å². The molecule has 2 N–H and O–H groups in total. The fourth-order valence-corrected chi connectivity index (χ4v) is 3.59. The van der Waals surface area contributed by atoms with Gasteiger partial charge in [-0.05, 0) is 36.8 Å². The number of carbonyl (C=O) groups is 3. The molecular weight excluding hydrogens is 394 g/mol. The van der Waals surface area contributed by atoms with Crippen molar-refractivity contribution in [3.05, 3.63) is 59.7 Å². The highest BCUT2D eigenvalue weighted by Crippen LogP contribution is 2.21. The maximum Gasteiger partial charge on any atom is 0.251 e. The minimum Gasteiger partial charge on any atom is -0.496 e. The molecule has 1 saturated heterocycles. The van der Waals surface area contributed by atoms with E-state index in [-0.39, 0.29) is 30.1 Å². The summed E-state index contributed by atoms with van der Waals surface area (Å²) in [7, 11) is 1.60. The number of benzene rings is 2. The lowest BCUT2D eigenvalue weighted by Crippen LogP contribution is -2.29. The van der Waals surface area contributed by atoms with E-state index in [1.807, 2.05) is 24.3 Å². The van der Waals surface area contributed by atoms with E-state index in [0.717, 1.165) is 24.2 Å². The summed E-state index contributed by atoms with van der Waals surface area (Å²) in [5, 5.41) is 5.73. The van der Waals surface area contributed by atoms with Crippen LogP contribution in [0.3, 0.4) is 0 Å². The summed E-state index contributed by atoms with van der Waals surface area (Å²) in [6, 6.07) is 14.2. The molecule has 0 bridgehead atoms. The van der Waals surface area contributed by atoms with Crippen molar-refractivity contribution in [3.63, 3.8) is 0 Å². The van der Waals surface area contributed by atoms with Crippen molar-refractivity contribution >= 4 is 23.4 Å². The number of rotatable bonds is 9. The number of hydrogen-bond acceptors (Lipinski definition) is 4. The summed E-state index contributed by atoms with van der Waals surface area (Å²) in [4.78, 5) is 38.8. The minimum absolute atomic E-state index is 0.0377. The fourth-order valence-electron chi connectivity index (χ4n) is 3.59. The van der Waals surface area contributed by atoms with Crippen LogP contribution in [0.25, 0.3) is 0 Å². The molecule has 3 rings (SSSR count). The van der Waals surface area contributed by atoms with Crippen molar-refractivity contribution in [3.8, 4) is 5.75 Å². The second-order valence-corrected chi connectivity index (χ2v) is 7.66. The molecule has 0 radical (unpaired) electrons. The number of carbonyl (C=O) groups excluding carboxylic acids is 3. The fraction of sp³-hybridized carbons (Fsp3) is 0.375. The molecule has 0 spiro atoms. The Morgan fingerprint density at radius 1 is 1.13 bits per heavy atom. The van der Waals surface area contributed by atoms with Crippen LogP contribution in [0, 0.1) is 5.92 Å². The van der Waals surface area contributed by atoms with Gasteiger partial charge in [-0.25, -0.2) is 0 Å². The van der Waals surface area contributed by atoms with Gasteiger partial charge >= 0.3 is 0 Å². The Morgan fingerprint density at radius 2 is 1.87 bits per heavy atom. The predicted octanol–water partition coefficient (Wildman–Crippen LogP) is 3.21. The summed E-state index contributed by atoms with van der Waals surface area (Å²) in [5.41, 5.74) is 1.99. The lowest BCUT2D eigenvalue weighted by Gasteiger charge is -2.16. The molecule has 0 aromatic heterocycles. The quantitative estimate of drug-likeness (QED) is 0.648. The van der Waals surface area contributed by atoms with Gasteiger partial charge in [-0.15, -0.1) is 0 Å². The highest BCUT2D eigenvalue weighted by molar-refractivity contribution is 5.98. The van der Waals surface area contributed by atoms with Crippen molar-refractivity contribution in [2.45, 2.75) is 32.7 Å².